The molecule has 0 spiro atoms. The van der Waals surface area contributed by atoms with Crippen LogP contribution in [0.3, 0.4) is 0 Å². The molecule has 145 heavy (non-hydrogen) atoms. The van der Waals surface area contributed by atoms with Crippen LogP contribution >= 0.6 is 70.4 Å². The summed E-state index contributed by atoms with van der Waals surface area (Å²) in [5, 5.41) is 37.7. The normalized spacial score (nSPS) is 19.6. The Bertz CT molecular complexity index is 5050. The molecule has 0 saturated carbocycles. The quantitative estimate of drug-likeness (QED) is 0.00997. The van der Waals surface area contributed by atoms with Crippen LogP contribution in [-0.4, -0.2) is 265 Å². The van der Waals surface area contributed by atoms with Crippen LogP contribution < -0.4 is 30.7 Å². The predicted octanol–water partition coefficient (Wildman–Crippen LogP) is 20.6. The lowest BCUT2D eigenvalue weighted by atomic mass is 9.83. The topological polar surface area (TPSA) is 402 Å². The standard InChI is InChI=1S/C50H74N7O9PS2.C25H41NO4S2.C19H21N5O5.C7H17ClNP.2CH4O.CH4/c1-11-50(12-2)30-62-48(63-31-50)38-22-20-37(21-23-38)28-51-40(58)24-25-49(8,9)69-68-27-17-16-26-64-67(57(34(3)4)35(5)6)66-43-36(7)65-47(44(43)60-10)56-33-54-42-45(52-32-53-46(42)56)55-41(59)29-61-39-18-14-13-15-19-39;1-5-25(6-2)18-29-23(30-19-25)21-11-9-20(10-12-21)17-26-22(28)13-14-24(3,4)32-31-16-8-7-15-27;1-11-15(26)16(27-2)19(29-11)24-10-22-14-17(20-9-21-18(14)24)23-13(25)8-28-12-6-4-3-5-7-12;1-6(2)9(7(3)4)10(5)8;2*1-2;/h13-15,18-23,32-36,43-44,47-48H,11-12,16-17,24-31H2,1-10H3,(H,51,58)(H,52,53,55,59);9-12,23,27H,5-8,13-19H2,1-4H3,(H,26,28);3-7,9-11,15-16,19,26H,8H2,1-2H3,(H,20,21,23,25);6-7H,1-5H3;2*2H,1H3;1H4/t36-,43?,44+,47-,67?;;11-,15?,16+,19-;;;;/m1.1..../s1/i7D;;1D;;2*2T;. The Hall–Kier alpha value is -6.63. The van der Waals surface area contributed by atoms with Gasteiger partial charge in [0.15, 0.2) is 72.2 Å². The molecule has 10 atom stereocenters. The van der Waals surface area contributed by atoms with Gasteiger partial charge in [-0.15, -0.1) is 0 Å². The minimum atomic E-state index is -1.59. The maximum atomic E-state index is 12.9. The molecular weight excluding hydrogens is 1990 g/mol. The summed E-state index contributed by atoms with van der Waals surface area (Å²) in [6.45, 7) is 40.9. The molecule has 0 radical (unpaired) electrons. The fraction of sp³-hybridized carbons (Fsp3) is 0.635. The highest BCUT2D eigenvalue weighted by atomic mass is 35.7. The minimum Gasteiger partial charge on any atom is -0.484 e. The second-order valence-corrected chi connectivity index (χ2v) is 47.9. The zero-order chi connectivity index (χ0) is 109. The molecule has 8 aromatic rings. The summed E-state index contributed by atoms with van der Waals surface area (Å²) in [5.41, 5.74) is 5.92. The van der Waals surface area contributed by atoms with Crippen molar-refractivity contribution in [1.29, 1.82) is 2.86 Å². The van der Waals surface area contributed by atoms with E-state index in [0.717, 1.165) is 111 Å². The van der Waals surface area contributed by atoms with Gasteiger partial charge in [0, 0.05) is 131 Å². The predicted molar refractivity (Wildman–Crippen MR) is 586 cm³/mol. The van der Waals surface area contributed by atoms with Crippen LogP contribution in [0.25, 0.3) is 22.3 Å². The highest BCUT2D eigenvalue weighted by Gasteiger charge is 2.49. The zero-order valence-electron chi connectivity index (χ0n) is 91.8. The van der Waals surface area contributed by atoms with E-state index in [1.165, 1.54) is 40.3 Å². The lowest BCUT2D eigenvalue weighted by Crippen LogP contribution is -2.39. The third-order valence-electron chi connectivity index (χ3n) is 24.6. The van der Waals surface area contributed by atoms with E-state index < -0.39 is 76.8 Å². The Morgan fingerprint density at radius 1 is 0.566 bits per heavy atom. The number of halogens is 1. The third kappa shape index (κ3) is 40.2. The van der Waals surface area contributed by atoms with Crippen LogP contribution in [0.1, 0.15) is 259 Å². The van der Waals surface area contributed by atoms with Gasteiger partial charge in [-0.1, -0.05) is 174 Å². The number of methoxy groups -OCH3 is 2. The fourth-order valence-corrected chi connectivity index (χ4v) is 25.5. The molecule has 4 amide bonds. The molecule has 41 heteroatoms. The summed E-state index contributed by atoms with van der Waals surface area (Å²) in [7, 11) is 10.9. The van der Waals surface area contributed by atoms with Crippen LogP contribution in [0.2, 0.25) is 0 Å². The monoisotopic (exact) mass is 2160 g/mol. The summed E-state index contributed by atoms with van der Waals surface area (Å²) < 4.78 is 108. The van der Waals surface area contributed by atoms with Crippen LogP contribution in [0.15, 0.2) is 135 Å². The highest BCUT2D eigenvalue weighted by Crippen LogP contribution is 2.52. The van der Waals surface area contributed by atoms with Crippen molar-refractivity contribution in [1.82, 2.24) is 59.0 Å². The van der Waals surface area contributed by atoms with Gasteiger partial charge in [0.05, 0.1) is 65.3 Å². The molecule has 4 saturated heterocycles. The highest BCUT2D eigenvalue weighted by molar-refractivity contribution is 8.77. The number of nitrogens with zero attached hydrogens (tertiary/aromatic N) is 10. The maximum Gasteiger partial charge on any atom is 0.263 e. The Balaban J connectivity index is 0.000000352. The van der Waals surface area contributed by atoms with Crippen LogP contribution in [0.4, 0.5) is 11.6 Å². The number of hydrogen-bond acceptors (Lipinski definition) is 32. The van der Waals surface area contributed by atoms with E-state index >= 15 is 0 Å². The number of amides is 4. The Labute approximate surface area is 889 Å². The van der Waals surface area contributed by atoms with Gasteiger partial charge in [0.1, 0.15) is 48.6 Å². The van der Waals surface area contributed by atoms with Gasteiger partial charge in [-0.2, -0.15) is 0 Å². The molecule has 4 aliphatic heterocycles. The molecule has 34 nitrogen and oxygen atoms in total. The van der Waals surface area contributed by atoms with E-state index in [1.54, 1.807) is 46.8 Å². The molecule has 4 fully saturated rings. The van der Waals surface area contributed by atoms with Gasteiger partial charge < -0.3 is 98.1 Å². The average Bonchev–Trinajstić information content (AvgIpc) is 1.59. The number of unbranched alkanes of at least 4 members (excludes halogenated alkanes) is 2. The first-order valence-corrected chi connectivity index (χ1v) is 57.7. The molecule has 8 N–H and O–H groups in total. The van der Waals surface area contributed by atoms with Gasteiger partial charge in [0.25, 0.3) is 20.3 Å². The number of aliphatic hydroxyl groups excluding tert-OH is 4. The smallest absolute Gasteiger partial charge is 0.263 e. The molecule has 4 aliphatic rings. The van der Waals surface area contributed by atoms with Crippen molar-refractivity contribution in [3.8, 4) is 11.5 Å². The van der Waals surface area contributed by atoms with Gasteiger partial charge in [0.2, 0.25) is 14.7 Å². The molecule has 4 unspecified atom stereocenters. The first kappa shape index (κ1) is 120. The van der Waals surface area contributed by atoms with E-state index in [0.29, 0.717) is 91.7 Å². The molecule has 0 bridgehead atoms. The van der Waals surface area contributed by atoms with E-state index in [-0.39, 0.29) is 109 Å². The number of aromatic nitrogens is 8. The molecule has 4 aromatic heterocycles. The lowest BCUT2D eigenvalue weighted by Gasteiger charge is -2.39. The summed E-state index contributed by atoms with van der Waals surface area (Å²) >= 11 is 6.02. The van der Waals surface area contributed by atoms with Crippen molar-refractivity contribution in [2.24, 2.45) is 10.8 Å². The first-order chi connectivity index (χ1) is 70.9. The van der Waals surface area contributed by atoms with E-state index in [2.05, 4.69) is 188 Å². The number of benzene rings is 4. The van der Waals surface area contributed by atoms with Crippen molar-refractivity contribution in [2.75, 3.05) is 110 Å². The Morgan fingerprint density at radius 2 is 0.959 bits per heavy atom. The molecule has 812 valence electrons. The number of carbonyl (C=O) groups is 4. The fourth-order valence-electron chi connectivity index (χ4n) is 15.9. The number of hydrogen-bond donors (Lipinski definition) is 8. The summed E-state index contributed by atoms with van der Waals surface area (Å²) in [6.07, 6.45) is 9.78. The third-order valence-corrected chi connectivity index (χ3v) is 35.7. The van der Waals surface area contributed by atoms with Crippen molar-refractivity contribution in [3.63, 3.8) is 0 Å². The number of imidazole rings is 2. The lowest BCUT2D eigenvalue weighted by molar-refractivity contribution is -0.235. The van der Waals surface area contributed by atoms with Gasteiger partial charge >= 0.3 is 0 Å². The minimum absolute atomic E-state index is 0. The maximum absolute atomic E-state index is 12.9. The number of nitrogens with one attached hydrogen (secondary N) is 4. The Kier molecular flexibility index (Phi) is 54.4. The van der Waals surface area contributed by atoms with Crippen LogP contribution in [-0.2, 0) is 79.2 Å². The molecule has 8 heterocycles. The van der Waals surface area contributed by atoms with Crippen molar-refractivity contribution in [3.05, 3.63) is 157 Å². The van der Waals surface area contributed by atoms with Gasteiger partial charge in [-0.25, -0.2) is 34.6 Å². The number of para-hydroxylation sites is 2. The number of aliphatic hydroxyl groups is 4. The van der Waals surface area contributed by atoms with Gasteiger partial charge in [-0.05, 0) is 203 Å². The van der Waals surface area contributed by atoms with E-state index in [1.807, 2.05) is 128 Å². The van der Waals surface area contributed by atoms with Crippen molar-refractivity contribution < 1.29 is 98.8 Å². The van der Waals surface area contributed by atoms with Crippen molar-refractivity contribution in [2.45, 2.75) is 317 Å². The Morgan fingerprint density at radius 3 is 1.32 bits per heavy atom. The summed E-state index contributed by atoms with van der Waals surface area (Å²) in [5.74, 6) is 2.91. The van der Waals surface area contributed by atoms with Gasteiger partial charge in [-0.3, -0.25) is 33.0 Å². The van der Waals surface area contributed by atoms with Crippen LogP contribution in [0, 0.1) is 10.8 Å². The molecule has 0 aliphatic carbocycles. The van der Waals surface area contributed by atoms with E-state index in [9.17, 15) is 24.3 Å². The number of carbonyl (C=O) groups excluding carboxylic acids is 4. The first-order valence-electron chi connectivity index (χ1n) is 51.5. The number of ether oxygens (including phenoxy) is 10. The van der Waals surface area contributed by atoms with Crippen molar-refractivity contribution >= 4 is 128 Å². The molecular formula is C104H165ClN14O20P2S4. The zero-order valence-corrected chi connectivity index (χ0v) is 93.6. The SMILES string of the molecule is C.CC(C)N(C(C)C)P(C)Cl.CCC1(CC)COC(c2ccc(CNC(=O)CCC(C)(C)SSCCCCO)cc2)OC1.[2H]C[C@H]1O[C@@H](n2cnc3c(NC(=O)COc4ccccc4)ncnc32)[C@@H](OC)C1O.[2H]C[C@H]1O[C@@H](n2cnc3c(NC(=O)COc4ccccc4)ncnc32)[C@@H](OC)C1OP(OCCCCSSC(C)(C)CCC(=O)NCc1ccc(C2OCC(CC)(CC)CO2)cc1)N(C(C)C)C(C)C.[3H]OC.[3H]OC. The molecule has 4 aromatic carbocycles. The number of anilines is 2. The van der Waals surface area contributed by atoms with E-state index in [4.69, 9.17) is 78.4 Å². The summed E-state index contributed by atoms with van der Waals surface area (Å²) in [6, 6.07) is 35.7. The number of fused-ring (bicyclic) bond motifs is 2. The summed E-state index contributed by atoms with van der Waals surface area (Å²) in [4.78, 5) is 76.3. The number of rotatable bonds is 50. The van der Waals surface area contributed by atoms with Crippen LogP contribution in [0.5, 0.6) is 11.5 Å². The second-order valence-electron chi connectivity index (χ2n) is 37.5. The largest absolute Gasteiger partial charge is 0.484 e. The average molecular weight is 2160 g/mol. The second kappa shape index (κ2) is 65.6. The molecule has 12 rings (SSSR count).